The minimum Gasteiger partial charge on any atom is -0.368 e. The molecule has 2 amide bonds. The summed E-state index contributed by atoms with van der Waals surface area (Å²) in [5.41, 5.74) is 7.60. The largest absolute Gasteiger partial charge is 0.368 e. The number of nitrogens with two attached hydrogens (primary N) is 1. The minimum atomic E-state index is -3.74. The summed E-state index contributed by atoms with van der Waals surface area (Å²) in [5.74, 6) is -1.16. The Bertz CT molecular complexity index is 991. The summed E-state index contributed by atoms with van der Waals surface area (Å²) in [4.78, 5) is 24.0. The first kappa shape index (κ1) is 22.9. The molecule has 7 nitrogen and oxygen atoms in total. The normalized spacial score (nSPS) is 12.4. The van der Waals surface area contributed by atoms with E-state index < -0.39 is 27.9 Å². The van der Waals surface area contributed by atoms with Crippen LogP contribution in [0.25, 0.3) is 0 Å². The second kappa shape index (κ2) is 9.87. The predicted molar refractivity (Wildman–Crippen MR) is 112 cm³/mol. The number of benzene rings is 2. The Labute approximate surface area is 175 Å². The summed E-state index contributed by atoms with van der Waals surface area (Å²) in [5, 5.41) is 3.10. The van der Waals surface area contributed by atoms with Crippen molar-refractivity contribution in [2.24, 2.45) is 5.73 Å². The molecule has 0 heterocycles. The molecular formula is C20H24ClN3O4S. The van der Waals surface area contributed by atoms with Gasteiger partial charge in [0.25, 0.3) is 0 Å². The standard InChI is InChI=1S/C20H24ClN3O4S/c1-13-3-4-14(2)18(11-13)29(27,28)23-10-9-19(25)24-17(20(22)26)12-15-5-7-16(21)8-6-15/h3-8,11,17,23H,9-10,12H2,1-2H3,(H2,22,26)(H,24,25). The van der Waals surface area contributed by atoms with Crippen LogP contribution in [-0.2, 0) is 26.0 Å². The summed E-state index contributed by atoms with van der Waals surface area (Å²) >= 11 is 5.83. The smallest absolute Gasteiger partial charge is 0.240 e. The molecule has 0 saturated carbocycles. The van der Waals surface area contributed by atoms with Gasteiger partial charge in [-0.1, -0.05) is 35.9 Å². The van der Waals surface area contributed by atoms with Crippen molar-refractivity contribution in [3.05, 3.63) is 64.2 Å². The molecule has 0 fully saturated rings. The van der Waals surface area contributed by atoms with Crippen LogP contribution in [0.2, 0.25) is 5.02 Å². The third-order valence-electron chi connectivity index (χ3n) is 4.31. The Morgan fingerprint density at radius 1 is 1.10 bits per heavy atom. The number of nitrogens with one attached hydrogen (secondary N) is 2. The molecular weight excluding hydrogens is 414 g/mol. The maximum absolute atomic E-state index is 12.5. The summed E-state index contributed by atoms with van der Waals surface area (Å²) in [6, 6.07) is 11.1. The molecule has 9 heteroatoms. The zero-order chi connectivity index (χ0) is 21.6. The molecule has 0 radical (unpaired) electrons. The van der Waals surface area contributed by atoms with E-state index in [0.29, 0.717) is 10.6 Å². The first-order chi connectivity index (χ1) is 13.6. The Kier molecular flexibility index (Phi) is 7.78. The summed E-state index contributed by atoms with van der Waals surface area (Å²) in [6.45, 7) is 3.40. The molecule has 0 aromatic heterocycles. The Morgan fingerprint density at radius 2 is 1.76 bits per heavy atom. The number of rotatable bonds is 9. The maximum atomic E-state index is 12.5. The molecule has 0 bridgehead atoms. The van der Waals surface area contributed by atoms with E-state index in [4.69, 9.17) is 17.3 Å². The molecule has 1 unspecified atom stereocenters. The van der Waals surface area contributed by atoms with Gasteiger partial charge in [-0.15, -0.1) is 0 Å². The highest BCUT2D eigenvalue weighted by Crippen LogP contribution is 2.16. The van der Waals surface area contributed by atoms with Crippen LogP contribution in [0, 0.1) is 13.8 Å². The SMILES string of the molecule is Cc1ccc(C)c(S(=O)(=O)NCCC(=O)NC(Cc2ccc(Cl)cc2)C(N)=O)c1. The van der Waals surface area contributed by atoms with Gasteiger partial charge in [-0.3, -0.25) is 9.59 Å². The molecule has 0 aliphatic heterocycles. The van der Waals surface area contributed by atoms with E-state index in [1.807, 2.05) is 6.07 Å². The van der Waals surface area contributed by atoms with Crippen molar-refractivity contribution in [2.75, 3.05) is 6.54 Å². The number of halogens is 1. The fourth-order valence-electron chi connectivity index (χ4n) is 2.72. The lowest BCUT2D eigenvalue weighted by Crippen LogP contribution is -2.46. The fraction of sp³-hybridized carbons (Fsp3) is 0.300. The molecule has 4 N–H and O–H groups in total. The van der Waals surface area contributed by atoms with Crippen LogP contribution >= 0.6 is 11.6 Å². The average molecular weight is 438 g/mol. The van der Waals surface area contributed by atoms with Crippen LogP contribution in [0.15, 0.2) is 47.4 Å². The minimum absolute atomic E-state index is 0.103. The molecule has 2 aromatic carbocycles. The zero-order valence-electron chi connectivity index (χ0n) is 16.2. The van der Waals surface area contributed by atoms with Crippen molar-refractivity contribution in [1.82, 2.24) is 10.0 Å². The number of sulfonamides is 1. The van der Waals surface area contributed by atoms with Crippen molar-refractivity contribution in [3.8, 4) is 0 Å². The zero-order valence-corrected chi connectivity index (χ0v) is 17.8. The van der Waals surface area contributed by atoms with Crippen molar-refractivity contribution in [3.63, 3.8) is 0 Å². The lowest BCUT2D eigenvalue weighted by atomic mass is 10.1. The van der Waals surface area contributed by atoms with E-state index >= 15 is 0 Å². The van der Waals surface area contributed by atoms with Gasteiger partial charge in [0.1, 0.15) is 6.04 Å². The van der Waals surface area contributed by atoms with Crippen LogP contribution < -0.4 is 15.8 Å². The Balaban J connectivity index is 1.92. The van der Waals surface area contributed by atoms with Crippen LogP contribution in [0.1, 0.15) is 23.1 Å². The number of carbonyl (C=O) groups excluding carboxylic acids is 2. The molecule has 2 rings (SSSR count). The third kappa shape index (κ3) is 6.85. The van der Waals surface area contributed by atoms with E-state index in [2.05, 4.69) is 10.0 Å². The average Bonchev–Trinajstić information content (AvgIpc) is 2.64. The number of amides is 2. The number of aryl methyl sites for hydroxylation is 2. The first-order valence-corrected chi connectivity index (χ1v) is 10.8. The molecule has 0 spiro atoms. The van der Waals surface area contributed by atoms with Gasteiger partial charge < -0.3 is 11.1 Å². The predicted octanol–water partition coefficient (Wildman–Crippen LogP) is 1.84. The van der Waals surface area contributed by atoms with Crippen LogP contribution in [-0.4, -0.2) is 32.8 Å². The van der Waals surface area contributed by atoms with Gasteiger partial charge in [0.2, 0.25) is 21.8 Å². The highest BCUT2D eigenvalue weighted by Gasteiger charge is 2.20. The molecule has 29 heavy (non-hydrogen) atoms. The Morgan fingerprint density at radius 3 is 2.38 bits per heavy atom. The number of hydrogen-bond acceptors (Lipinski definition) is 4. The van der Waals surface area contributed by atoms with Crippen molar-refractivity contribution in [1.29, 1.82) is 0 Å². The molecule has 0 aliphatic carbocycles. The lowest BCUT2D eigenvalue weighted by Gasteiger charge is -2.16. The van der Waals surface area contributed by atoms with Crippen molar-refractivity contribution >= 4 is 33.4 Å². The number of carbonyl (C=O) groups is 2. The Hall–Kier alpha value is -2.42. The van der Waals surface area contributed by atoms with Gasteiger partial charge in [0.15, 0.2) is 0 Å². The molecule has 1 atom stereocenters. The fourth-order valence-corrected chi connectivity index (χ4v) is 4.20. The topological polar surface area (TPSA) is 118 Å². The summed E-state index contributed by atoms with van der Waals surface area (Å²) in [6.07, 6.45) is 0.0843. The lowest BCUT2D eigenvalue weighted by molar-refractivity contribution is -0.127. The second-order valence-electron chi connectivity index (χ2n) is 6.77. The number of primary amides is 1. The van der Waals surface area contributed by atoms with E-state index in [-0.39, 0.29) is 24.3 Å². The summed E-state index contributed by atoms with van der Waals surface area (Å²) < 4.78 is 27.3. The van der Waals surface area contributed by atoms with E-state index in [9.17, 15) is 18.0 Å². The van der Waals surface area contributed by atoms with E-state index in [1.165, 1.54) is 0 Å². The molecule has 0 saturated heterocycles. The summed E-state index contributed by atoms with van der Waals surface area (Å²) in [7, 11) is -3.74. The molecule has 156 valence electrons. The van der Waals surface area contributed by atoms with Gasteiger partial charge >= 0.3 is 0 Å². The van der Waals surface area contributed by atoms with Gasteiger partial charge in [0.05, 0.1) is 4.90 Å². The van der Waals surface area contributed by atoms with Gasteiger partial charge in [-0.25, -0.2) is 13.1 Å². The van der Waals surface area contributed by atoms with Crippen molar-refractivity contribution < 1.29 is 18.0 Å². The highest BCUT2D eigenvalue weighted by molar-refractivity contribution is 7.89. The van der Waals surface area contributed by atoms with Gasteiger partial charge in [-0.2, -0.15) is 0 Å². The van der Waals surface area contributed by atoms with Crippen LogP contribution in [0.5, 0.6) is 0 Å². The maximum Gasteiger partial charge on any atom is 0.240 e. The van der Waals surface area contributed by atoms with E-state index in [0.717, 1.165) is 11.1 Å². The quantitative estimate of drug-likeness (QED) is 0.554. The third-order valence-corrected chi connectivity index (χ3v) is 6.16. The molecule has 2 aromatic rings. The van der Waals surface area contributed by atoms with Gasteiger partial charge in [0, 0.05) is 24.4 Å². The molecule has 0 aliphatic rings. The van der Waals surface area contributed by atoms with Gasteiger partial charge in [-0.05, 0) is 48.7 Å². The van der Waals surface area contributed by atoms with Crippen LogP contribution in [0.4, 0.5) is 0 Å². The first-order valence-electron chi connectivity index (χ1n) is 8.98. The van der Waals surface area contributed by atoms with E-state index in [1.54, 1.807) is 50.2 Å². The monoisotopic (exact) mass is 437 g/mol. The van der Waals surface area contributed by atoms with Crippen LogP contribution in [0.3, 0.4) is 0 Å². The number of hydrogen-bond donors (Lipinski definition) is 3. The van der Waals surface area contributed by atoms with Crippen molar-refractivity contribution in [2.45, 2.75) is 37.6 Å². The second-order valence-corrected chi connectivity index (χ2v) is 8.94. The highest BCUT2D eigenvalue weighted by atomic mass is 35.5.